The number of aromatic nitrogens is 3. The van der Waals surface area contributed by atoms with E-state index >= 15 is 0 Å². The van der Waals surface area contributed by atoms with Gasteiger partial charge in [-0.3, -0.25) is 10.6 Å². The molecule has 0 aliphatic carbocycles. The molecule has 106 valence electrons. The van der Waals surface area contributed by atoms with Crippen LogP contribution in [0.15, 0.2) is 24.5 Å². The minimum atomic E-state index is -0.151. The van der Waals surface area contributed by atoms with Crippen LogP contribution in [0.3, 0.4) is 0 Å². The number of benzene rings is 1. The van der Waals surface area contributed by atoms with Crippen molar-refractivity contribution in [3.8, 4) is 0 Å². The zero-order valence-corrected chi connectivity index (χ0v) is 11.6. The normalized spacial score (nSPS) is 10.3. The van der Waals surface area contributed by atoms with Crippen molar-refractivity contribution in [3.05, 3.63) is 41.5 Å². The number of nitrogen functional groups attached to an aromatic ring is 1. The quantitative estimate of drug-likeness (QED) is 0.554. The summed E-state index contributed by atoms with van der Waals surface area (Å²) >= 11 is 0. The van der Waals surface area contributed by atoms with Gasteiger partial charge < -0.3 is 15.3 Å². The highest BCUT2D eigenvalue weighted by Gasteiger charge is 2.09. The van der Waals surface area contributed by atoms with Crippen LogP contribution in [0.1, 0.15) is 28.7 Å². The first-order valence-electron chi connectivity index (χ1n) is 6.37. The molecule has 2 aromatic rings. The van der Waals surface area contributed by atoms with Crippen LogP contribution in [0.4, 0.5) is 5.69 Å². The van der Waals surface area contributed by atoms with Gasteiger partial charge in [-0.2, -0.15) is 0 Å². The third-order valence-corrected chi connectivity index (χ3v) is 3.09. The third-order valence-electron chi connectivity index (χ3n) is 3.09. The van der Waals surface area contributed by atoms with E-state index in [0.717, 1.165) is 23.6 Å². The smallest absolute Gasteiger partial charge is 0.251 e. The van der Waals surface area contributed by atoms with E-state index in [0.29, 0.717) is 12.1 Å². The van der Waals surface area contributed by atoms with Crippen molar-refractivity contribution in [2.24, 2.45) is 5.84 Å². The van der Waals surface area contributed by atoms with E-state index < -0.39 is 0 Å². The number of nitrogens with two attached hydrogens (primary N) is 1. The molecule has 1 aromatic carbocycles. The van der Waals surface area contributed by atoms with Gasteiger partial charge in [0, 0.05) is 12.1 Å². The molecule has 0 atom stereocenters. The van der Waals surface area contributed by atoms with E-state index in [2.05, 4.69) is 20.9 Å². The monoisotopic (exact) mass is 274 g/mol. The molecule has 1 heterocycles. The highest BCUT2D eigenvalue weighted by molar-refractivity contribution is 5.94. The molecule has 0 fully saturated rings. The topological polar surface area (TPSA) is 97.9 Å². The second-order valence-electron chi connectivity index (χ2n) is 4.39. The number of hydrazine groups is 1. The number of nitrogens with one attached hydrogen (secondary N) is 2. The number of carbonyl (C=O) groups excluding carboxylic acids is 1. The van der Waals surface area contributed by atoms with E-state index in [-0.39, 0.29) is 5.91 Å². The van der Waals surface area contributed by atoms with Gasteiger partial charge in [0.2, 0.25) is 0 Å². The van der Waals surface area contributed by atoms with Crippen LogP contribution in [0.2, 0.25) is 0 Å². The SMILES string of the molecule is CCn1cnnc1CNC(=O)c1ccc(NN)c(C)c1. The summed E-state index contributed by atoms with van der Waals surface area (Å²) in [6.07, 6.45) is 1.65. The minimum absolute atomic E-state index is 0.151. The maximum Gasteiger partial charge on any atom is 0.251 e. The van der Waals surface area contributed by atoms with Gasteiger partial charge in [0.05, 0.1) is 12.2 Å². The molecule has 0 unspecified atom stereocenters. The van der Waals surface area contributed by atoms with Gasteiger partial charge in [0.25, 0.3) is 5.91 Å². The van der Waals surface area contributed by atoms with Crippen molar-refractivity contribution in [2.45, 2.75) is 26.9 Å². The van der Waals surface area contributed by atoms with Crippen molar-refractivity contribution >= 4 is 11.6 Å². The summed E-state index contributed by atoms with van der Waals surface area (Å²) in [5.41, 5.74) is 4.88. The van der Waals surface area contributed by atoms with Gasteiger partial charge >= 0.3 is 0 Å². The molecular weight excluding hydrogens is 256 g/mol. The van der Waals surface area contributed by atoms with Gasteiger partial charge in [0.15, 0.2) is 5.82 Å². The number of hydrogen-bond acceptors (Lipinski definition) is 5. The summed E-state index contributed by atoms with van der Waals surface area (Å²) in [5.74, 6) is 5.95. The fourth-order valence-electron chi connectivity index (χ4n) is 1.91. The van der Waals surface area contributed by atoms with Gasteiger partial charge in [-0.1, -0.05) is 0 Å². The lowest BCUT2D eigenvalue weighted by Crippen LogP contribution is -2.24. The Labute approximate surface area is 117 Å². The first kappa shape index (κ1) is 14.0. The van der Waals surface area contributed by atoms with Gasteiger partial charge in [-0.05, 0) is 37.6 Å². The Morgan fingerprint density at radius 1 is 1.45 bits per heavy atom. The Kier molecular flexibility index (Phi) is 4.31. The second-order valence-corrected chi connectivity index (χ2v) is 4.39. The van der Waals surface area contributed by atoms with Crippen LogP contribution >= 0.6 is 0 Å². The van der Waals surface area contributed by atoms with Crippen molar-refractivity contribution in [2.75, 3.05) is 5.43 Å². The predicted octanol–water partition coefficient (Wildman–Crippen LogP) is 0.822. The number of nitrogens with zero attached hydrogens (tertiary/aromatic N) is 3. The molecule has 0 saturated heterocycles. The summed E-state index contributed by atoms with van der Waals surface area (Å²) in [5, 5.41) is 10.6. The Bertz CT molecular complexity index is 607. The van der Waals surface area contributed by atoms with Gasteiger partial charge in [-0.15, -0.1) is 10.2 Å². The van der Waals surface area contributed by atoms with E-state index in [4.69, 9.17) is 5.84 Å². The molecule has 0 saturated carbocycles. The Hall–Kier alpha value is -2.41. The molecule has 0 aliphatic rings. The Morgan fingerprint density at radius 3 is 2.90 bits per heavy atom. The van der Waals surface area contributed by atoms with E-state index in [9.17, 15) is 4.79 Å². The highest BCUT2D eigenvalue weighted by atomic mass is 16.1. The molecular formula is C13H18N6O. The van der Waals surface area contributed by atoms with Crippen LogP contribution in [0.5, 0.6) is 0 Å². The fourth-order valence-corrected chi connectivity index (χ4v) is 1.91. The lowest BCUT2D eigenvalue weighted by atomic mass is 10.1. The summed E-state index contributed by atoms with van der Waals surface area (Å²) in [6.45, 7) is 5.01. The number of aryl methyl sites for hydroxylation is 2. The lowest BCUT2D eigenvalue weighted by Gasteiger charge is -2.09. The highest BCUT2D eigenvalue weighted by Crippen LogP contribution is 2.15. The molecule has 4 N–H and O–H groups in total. The maximum atomic E-state index is 12.1. The summed E-state index contributed by atoms with van der Waals surface area (Å²) < 4.78 is 1.88. The molecule has 7 nitrogen and oxygen atoms in total. The van der Waals surface area contributed by atoms with Crippen LogP contribution in [0.25, 0.3) is 0 Å². The molecule has 0 aliphatic heterocycles. The molecule has 2 rings (SSSR count). The lowest BCUT2D eigenvalue weighted by molar-refractivity contribution is 0.0949. The standard InChI is InChI=1S/C13H18N6O/c1-3-19-8-16-18-12(19)7-15-13(20)10-4-5-11(17-14)9(2)6-10/h4-6,8,17H,3,7,14H2,1-2H3,(H,15,20). The molecule has 1 amide bonds. The summed E-state index contributed by atoms with van der Waals surface area (Å²) in [6, 6.07) is 5.29. The minimum Gasteiger partial charge on any atom is -0.345 e. The summed E-state index contributed by atoms with van der Waals surface area (Å²) in [7, 11) is 0. The average molecular weight is 274 g/mol. The van der Waals surface area contributed by atoms with E-state index in [1.807, 2.05) is 18.4 Å². The third kappa shape index (κ3) is 2.94. The first-order chi connectivity index (χ1) is 9.65. The predicted molar refractivity (Wildman–Crippen MR) is 75.9 cm³/mol. The average Bonchev–Trinajstić information content (AvgIpc) is 2.92. The van der Waals surface area contributed by atoms with Gasteiger partial charge in [-0.25, -0.2) is 0 Å². The van der Waals surface area contributed by atoms with Crippen molar-refractivity contribution < 1.29 is 4.79 Å². The summed E-state index contributed by atoms with van der Waals surface area (Å²) in [4.78, 5) is 12.1. The first-order valence-corrected chi connectivity index (χ1v) is 6.37. The largest absolute Gasteiger partial charge is 0.345 e. The Morgan fingerprint density at radius 2 is 2.25 bits per heavy atom. The number of carbonyl (C=O) groups is 1. The number of hydrogen-bond donors (Lipinski definition) is 3. The second kappa shape index (κ2) is 6.16. The zero-order valence-electron chi connectivity index (χ0n) is 11.6. The van der Waals surface area contributed by atoms with Crippen LogP contribution in [-0.2, 0) is 13.1 Å². The molecule has 1 aromatic heterocycles. The zero-order chi connectivity index (χ0) is 14.5. The fraction of sp³-hybridized carbons (Fsp3) is 0.308. The van der Waals surface area contributed by atoms with Crippen LogP contribution in [0, 0.1) is 6.92 Å². The molecule has 0 spiro atoms. The molecule has 20 heavy (non-hydrogen) atoms. The number of rotatable bonds is 5. The molecule has 0 bridgehead atoms. The van der Waals surface area contributed by atoms with E-state index in [1.54, 1.807) is 24.5 Å². The maximum absolute atomic E-state index is 12.1. The number of amides is 1. The van der Waals surface area contributed by atoms with Crippen LogP contribution < -0.4 is 16.6 Å². The molecule has 7 heteroatoms. The van der Waals surface area contributed by atoms with Crippen LogP contribution in [-0.4, -0.2) is 20.7 Å². The van der Waals surface area contributed by atoms with Crippen molar-refractivity contribution in [1.82, 2.24) is 20.1 Å². The number of anilines is 1. The van der Waals surface area contributed by atoms with Crippen molar-refractivity contribution in [1.29, 1.82) is 0 Å². The van der Waals surface area contributed by atoms with Crippen molar-refractivity contribution in [3.63, 3.8) is 0 Å². The Balaban J connectivity index is 2.03. The van der Waals surface area contributed by atoms with Gasteiger partial charge in [0.1, 0.15) is 6.33 Å². The molecule has 0 radical (unpaired) electrons. The van der Waals surface area contributed by atoms with E-state index in [1.165, 1.54) is 0 Å².